The average molecular weight is 294 g/mol. The van der Waals surface area contributed by atoms with Crippen LogP contribution in [0.15, 0.2) is 6.20 Å². The van der Waals surface area contributed by atoms with E-state index in [1.807, 2.05) is 0 Å². The first-order valence-corrected chi connectivity index (χ1v) is 8.41. The van der Waals surface area contributed by atoms with Gasteiger partial charge in [0.15, 0.2) is 0 Å². The lowest BCUT2D eigenvalue weighted by atomic mass is 9.85. The minimum Gasteiger partial charge on any atom is -0.396 e. The maximum absolute atomic E-state index is 12.3. The second-order valence-electron chi connectivity index (χ2n) is 6.05. The molecule has 2 aliphatic carbocycles. The van der Waals surface area contributed by atoms with E-state index in [1.54, 1.807) is 6.20 Å². The fourth-order valence-electron chi connectivity index (χ4n) is 3.87. The molecule has 2 fully saturated rings. The van der Waals surface area contributed by atoms with Gasteiger partial charge in [-0.3, -0.25) is 4.79 Å². The molecule has 4 nitrogen and oxygen atoms in total. The number of amides is 1. The van der Waals surface area contributed by atoms with E-state index in [0.29, 0.717) is 16.7 Å². The number of aliphatic hydroxyl groups is 1. The van der Waals surface area contributed by atoms with E-state index < -0.39 is 0 Å². The minimum atomic E-state index is -0.0131. The van der Waals surface area contributed by atoms with Crippen LogP contribution in [0.4, 0.5) is 0 Å². The molecule has 20 heavy (non-hydrogen) atoms. The molecule has 2 N–H and O–H groups in total. The van der Waals surface area contributed by atoms with Gasteiger partial charge < -0.3 is 10.4 Å². The molecule has 3 rings (SSSR count). The number of nitrogens with zero attached hydrogens (tertiary/aromatic N) is 1. The fourth-order valence-corrected chi connectivity index (χ4v) is 4.79. The van der Waals surface area contributed by atoms with Gasteiger partial charge in [0, 0.05) is 18.6 Å². The molecule has 0 saturated heterocycles. The SMILES string of the molecule is CCCc1ncc(C(=O)NC2C3CCC(C3)C2CO)s1. The van der Waals surface area contributed by atoms with Crippen molar-refractivity contribution in [2.45, 2.75) is 45.1 Å². The van der Waals surface area contributed by atoms with Crippen molar-refractivity contribution >= 4 is 17.2 Å². The Kier molecular flexibility index (Phi) is 4.08. The van der Waals surface area contributed by atoms with Gasteiger partial charge in [0.25, 0.3) is 5.91 Å². The van der Waals surface area contributed by atoms with E-state index in [-0.39, 0.29) is 24.5 Å². The van der Waals surface area contributed by atoms with E-state index >= 15 is 0 Å². The van der Waals surface area contributed by atoms with Crippen LogP contribution in [0.2, 0.25) is 0 Å². The summed E-state index contributed by atoms with van der Waals surface area (Å²) in [7, 11) is 0. The van der Waals surface area contributed by atoms with Gasteiger partial charge in [-0.15, -0.1) is 11.3 Å². The van der Waals surface area contributed by atoms with Crippen molar-refractivity contribution in [3.63, 3.8) is 0 Å². The third kappa shape index (κ3) is 2.49. The summed E-state index contributed by atoms with van der Waals surface area (Å²) in [6.45, 7) is 2.30. The zero-order valence-corrected chi connectivity index (χ0v) is 12.7. The number of carbonyl (C=O) groups is 1. The summed E-state index contributed by atoms with van der Waals surface area (Å²) in [5.74, 6) is 1.40. The summed E-state index contributed by atoms with van der Waals surface area (Å²) in [6.07, 6.45) is 7.24. The number of hydrogen-bond acceptors (Lipinski definition) is 4. The molecule has 4 atom stereocenters. The molecule has 1 amide bonds. The highest BCUT2D eigenvalue weighted by Crippen LogP contribution is 2.48. The summed E-state index contributed by atoms with van der Waals surface area (Å²) in [5.41, 5.74) is 0. The highest BCUT2D eigenvalue weighted by atomic mass is 32.1. The summed E-state index contributed by atoms with van der Waals surface area (Å²) in [4.78, 5) is 17.3. The van der Waals surface area contributed by atoms with Crippen molar-refractivity contribution in [3.05, 3.63) is 16.1 Å². The van der Waals surface area contributed by atoms with Crippen LogP contribution >= 0.6 is 11.3 Å². The van der Waals surface area contributed by atoms with Crippen LogP contribution < -0.4 is 5.32 Å². The number of hydrogen-bond donors (Lipinski definition) is 2. The second kappa shape index (κ2) is 5.82. The third-order valence-electron chi connectivity index (χ3n) is 4.84. The molecule has 1 heterocycles. The summed E-state index contributed by atoms with van der Waals surface area (Å²) in [5, 5.41) is 13.7. The van der Waals surface area contributed by atoms with E-state index in [1.165, 1.54) is 30.6 Å². The minimum absolute atomic E-state index is 0.0131. The first-order chi connectivity index (χ1) is 9.72. The number of aromatic nitrogens is 1. The Morgan fingerprint density at radius 1 is 1.50 bits per heavy atom. The maximum Gasteiger partial charge on any atom is 0.263 e. The number of carbonyl (C=O) groups excluding carboxylic acids is 1. The molecule has 0 aromatic carbocycles. The lowest BCUT2D eigenvalue weighted by Crippen LogP contribution is -2.45. The molecule has 2 saturated carbocycles. The molecule has 0 spiro atoms. The van der Waals surface area contributed by atoms with Gasteiger partial charge in [-0.25, -0.2) is 4.98 Å². The van der Waals surface area contributed by atoms with Crippen molar-refractivity contribution in [1.82, 2.24) is 10.3 Å². The summed E-state index contributed by atoms with van der Waals surface area (Å²) in [6, 6.07) is 0.156. The van der Waals surface area contributed by atoms with Crippen LogP contribution in [-0.4, -0.2) is 28.6 Å². The highest BCUT2D eigenvalue weighted by molar-refractivity contribution is 7.13. The van der Waals surface area contributed by atoms with Crippen molar-refractivity contribution in [1.29, 1.82) is 0 Å². The number of aryl methyl sites for hydroxylation is 1. The Morgan fingerprint density at radius 3 is 3.05 bits per heavy atom. The van der Waals surface area contributed by atoms with Crippen LogP contribution in [0.1, 0.15) is 47.3 Å². The Balaban J connectivity index is 1.66. The molecule has 5 heteroatoms. The van der Waals surface area contributed by atoms with Crippen molar-refractivity contribution in [3.8, 4) is 0 Å². The van der Waals surface area contributed by atoms with Gasteiger partial charge in [0.05, 0.1) is 11.2 Å². The first kappa shape index (κ1) is 14.0. The molecule has 4 unspecified atom stereocenters. The molecule has 2 bridgehead atoms. The highest BCUT2D eigenvalue weighted by Gasteiger charge is 2.47. The first-order valence-electron chi connectivity index (χ1n) is 7.59. The van der Waals surface area contributed by atoms with E-state index in [4.69, 9.17) is 0 Å². The van der Waals surface area contributed by atoms with E-state index in [9.17, 15) is 9.90 Å². The van der Waals surface area contributed by atoms with Crippen LogP contribution in [0.3, 0.4) is 0 Å². The van der Waals surface area contributed by atoms with Gasteiger partial charge >= 0.3 is 0 Å². The molecular weight excluding hydrogens is 272 g/mol. The Bertz CT molecular complexity index is 488. The van der Waals surface area contributed by atoms with Crippen LogP contribution in [0.25, 0.3) is 0 Å². The fraction of sp³-hybridized carbons (Fsp3) is 0.733. The number of thiazole rings is 1. The van der Waals surface area contributed by atoms with Crippen molar-refractivity contribution < 1.29 is 9.90 Å². The molecule has 1 aromatic heterocycles. The zero-order chi connectivity index (χ0) is 14.1. The number of rotatable bonds is 5. The quantitative estimate of drug-likeness (QED) is 0.875. The number of aliphatic hydroxyl groups excluding tert-OH is 1. The molecule has 110 valence electrons. The standard InChI is InChI=1S/C15H22N2O2S/c1-2-3-13-16-7-12(20-13)15(19)17-14-10-5-4-9(6-10)11(14)8-18/h7,9-11,14,18H,2-6,8H2,1H3,(H,17,19). The predicted octanol–water partition coefficient (Wildman–Crippen LogP) is 2.23. The smallest absolute Gasteiger partial charge is 0.263 e. The molecule has 2 aliphatic rings. The van der Waals surface area contributed by atoms with Gasteiger partial charge in [0.1, 0.15) is 4.88 Å². The largest absolute Gasteiger partial charge is 0.396 e. The summed E-state index contributed by atoms with van der Waals surface area (Å²) < 4.78 is 0. The van der Waals surface area contributed by atoms with Gasteiger partial charge in [-0.2, -0.15) is 0 Å². The van der Waals surface area contributed by atoms with Crippen LogP contribution in [0, 0.1) is 17.8 Å². The molecule has 0 aliphatic heterocycles. The van der Waals surface area contributed by atoms with Gasteiger partial charge in [0.2, 0.25) is 0 Å². The van der Waals surface area contributed by atoms with Gasteiger partial charge in [-0.1, -0.05) is 6.92 Å². The summed E-state index contributed by atoms with van der Waals surface area (Å²) >= 11 is 1.49. The van der Waals surface area contributed by atoms with Crippen molar-refractivity contribution in [2.24, 2.45) is 17.8 Å². The van der Waals surface area contributed by atoms with Crippen LogP contribution in [0.5, 0.6) is 0 Å². The third-order valence-corrected chi connectivity index (χ3v) is 5.89. The van der Waals surface area contributed by atoms with E-state index in [2.05, 4.69) is 17.2 Å². The van der Waals surface area contributed by atoms with E-state index in [0.717, 1.165) is 17.8 Å². The lowest BCUT2D eigenvalue weighted by molar-refractivity contribution is 0.0865. The Hall–Kier alpha value is -0.940. The molecule has 1 aromatic rings. The number of fused-ring (bicyclic) bond motifs is 2. The van der Waals surface area contributed by atoms with Gasteiger partial charge in [-0.05, 0) is 43.9 Å². The second-order valence-corrected chi connectivity index (χ2v) is 7.16. The van der Waals surface area contributed by atoms with Crippen molar-refractivity contribution in [2.75, 3.05) is 6.61 Å². The average Bonchev–Trinajstić information content (AvgIpc) is 3.13. The zero-order valence-electron chi connectivity index (χ0n) is 11.8. The monoisotopic (exact) mass is 294 g/mol. The Labute approximate surface area is 123 Å². The Morgan fingerprint density at radius 2 is 2.30 bits per heavy atom. The normalized spacial score (nSPS) is 31.7. The lowest BCUT2D eigenvalue weighted by Gasteiger charge is -2.30. The maximum atomic E-state index is 12.3. The number of nitrogens with one attached hydrogen (secondary N) is 1. The molecule has 0 radical (unpaired) electrons. The molecular formula is C15H22N2O2S. The predicted molar refractivity (Wildman–Crippen MR) is 78.8 cm³/mol. The topological polar surface area (TPSA) is 62.2 Å². The van der Waals surface area contributed by atoms with Crippen LogP contribution in [-0.2, 0) is 6.42 Å².